The van der Waals surface area contributed by atoms with Crippen LogP contribution < -0.4 is 10.6 Å². The fourth-order valence-electron chi connectivity index (χ4n) is 4.70. The van der Waals surface area contributed by atoms with Crippen LogP contribution in [0.2, 0.25) is 0 Å². The number of nitrogens with one attached hydrogen (secondary N) is 2. The van der Waals surface area contributed by atoms with Gasteiger partial charge >= 0.3 is 0 Å². The number of carbonyl (C=O) groups excluding carboxylic acids is 2. The van der Waals surface area contributed by atoms with Crippen LogP contribution in [0.4, 0.5) is 0 Å². The molecule has 2 N–H and O–H groups in total. The maximum atomic E-state index is 12.8. The van der Waals surface area contributed by atoms with Gasteiger partial charge in [0.25, 0.3) is 0 Å². The molecular weight excluding hydrogens is 266 g/mol. The molecule has 3 unspecified atom stereocenters. The summed E-state index contributed by atoms with van der Waals surface area (Å²) in [6.45, 7) is 3.82. The van der Waals surface area contributed by atoms with E-state index in [9.17, 15) is 9.59 Å². The maximum Gasteiger partial charge on any atom is 0.226 e. The van der Waals surface area contributed by atoms with Crippen LogP contribution in [0.1, 0.15) is 38.5 Å². The smallest absolute Gasteiger partial charge is 0.226 e. The average molecular weight is 291 g/mol. The first-order valence-electron chi connectivity index (χ1n) is 8.47. The van der Waals surface area contributed by atoms with Gasteiger partial charge in [-0.2, -0.15) is 0 Å². The minimum absolute atomic E-state index is 0.187. The largest absolute Gasteiger partial charge is 0.353 e. The molecule has 116 valence electrons. The third kappa shape index (κ3) is 2.35. The first kappa shape index (κ1) is 13.6. The van der Waals surface area contributed by atoms with Gasteiger partial charge in [-0.3, -0.25) is 9.59 Å². The average Bonchev–Trinajstić information content (AvgIpc) is 3.20. The van der Waals surface area contributed by atoms with E-state index in [2.05, 4.69) is 15.5 Å². The summed E-state index contributed by atoms with van der Waals surface area (Å²) < 4.78 is 0. The van der Waals surface area contributed by atoms with Crippen molar-refractivity contribution in [3.63, 3.8) is 0 Å². The van der Waals surface area contributed by atoms with Gasteiger partial charge in [-0.05, 0) is 56.5 Å². The van der Waals surface area contributed by atoms with Crippen molar-refractivity contribution in [3.8, 4) is 0 Å². The second-order valence-electron chi connectivity index (χ2n) is 7.41. The van der Waals surface area contributed by atoms with E-state index in [1.807, 2.05) is 0 Å². The molecule has 4 aliphatic rings. The molecule has 0 aromatic rings. The van der Waals surface area contributed by atoms with E-state index in [4.69, 9.17) is 0 Å². The molecule has 1 aliphatic carbocycles. The summed E-state index contributed by atoms with van der Waals surface area (Å²) in [5, 5.41) is 6.49. The zero-order valence-electron chi connectivity index (χ0n) is 12.6. The van der Waals surface area contributed by atoms with E-state index in [1.54, 1.807) is 0 Å². The van der Waals surface area contributed by atoms with Gasteiger partial charge < -0.3 is 15.5 Å². The molecule has 1 saturated carbocycles. The lowest BCUT2D eigenvalue weighted by Gasteiger charge is -2.41. The van der Waals surface area contributed by atoms with Crippen molar-refractivity contribution in [3.05, 3.63) is 0 Å². The standard InChI is InChI=1S/C16H25N3O2/c20-14-2-1-11-10-19(8-3-13(11)18-14)15(21)12-9-16(12)4-6-17-7-5-16/h11-13,17H,1-10H2,(H,18,20). The Morgan fingerprint density at radius 2 is 2.05 bits per heavy atom. The summed E-state index contributed by atoms with van der Waals surface area (Å²) >= 11 is 0. The molecule has 4 rings (SSSR count). The molecule has 4 fully saturated rings. The summed E-state index contributed by atoms with van der Waals surface area (Å²) in [5.41, 5.74) is 0.333. The van der Waals surface area contributed by atoms with Gasteiger partial charge in [0.2, 0.25) is 11.8 Å². The number of hydrogen-bond acceptors (Lipinski definition) is 3. The summed E-state index contributed by atoms with van der Waals surface area (Å²) in [5.74, 6) is 1.34. The molecular formula is C16H25N3O2. The third-order valence-electron chi connectivity index (χ3n) is 6.22. The van der Waals surface area contributed by atoms with E-state index in [0.717, 1.165) is 45.4 Å². The number of carbonyl (C=O) groups is 2. The van der Waals surface area contributed by atoms with Crippen molar-refractivity contribution < 1.29 is 9.59 Å². The number of hydrogen-bond donors (Lipinski definition) is 2. The molecule has 0 radical (unpaired) electrons. The normalized spacial score (nSPS) is 37.8. The molecule has 5 nitrogen and oxygen atoms in total. The molecule has 1 spiro atoms. The summed E-state index contributed by atoms with van der Waals surface area (Å²) in [4.78, 5) is 26.3. The van der Waals surface area contributed by atoms with Crippen molar-refractivity contribution in [2.45, 2.75) is 44.6 Å². The highest BCUT2D eigenvalue weighted by Crippen LogP contribution is 2.59. The van der Waals surface area contributed by atoms with Crippen LogP contribution in [-0.4, -0.2) is 48.9 Å². The summed E-state index contributed by atoms with van der Waals surface area (Å²) in [6.07, 6.45) is 5.94. The van der Waals surface area contributed by atoms with Crippen LogP contribution in [0.5, 0.6) is 0 Å². The highest BCUT2D eigenvalue weighted by atomic mass is 16.2. The van der Waals surface area contributed by atoms with Crippen LogP contribution in [0.25, 0.3) is 0 Å². The minimum Gasteiger partial charge on any atom is -0.353 e. The van der Waals surface area contributed by atoms with Gasteiger partial charge in [-0.15, -0.1) is 0 Å². The van der Waals surface area contributed by atoms with Crippen LogP contribution in [-0.2, 0) is 9.59 Å². The van der Waals surface area contributed by atoms with E-state index < -0.39 is 0 Å². The lowest BCUT2D eigenvalue weighted by atomic mass is 9.84. The molecule has 3 atom stereocenters. The number of likely N-dealkylation sites (tertiary alicyclic amines) is 1. The molecule has 0 bridgehead atoms. The number of nitrogens with zero attached hydrogens (tertiary/aromatic N) is 1. The van der Waals surface area contributed by atoms with Crippen LogP contribution >= 0.6 is 0 Å². The Kier molecular flexibility index (Phi) is 3.21. The van der Waals surface area contributed by atoms with Crippen molar-refractivity contribution in [2.75, 3.05) is 26.2 Å². The first-order valence-corrected chi connectivity index (χ1v) is 8.47. The van der Waals surface area contributed by atoms with Crippen LogP contribution in [0, 0.1) is 17.3 Å². The second-order valence-corrected chi connectivity index (χ2v) is 7.41. The quantitative estimate of drug-likeness (QED) is 0.740. The van der Waals surface area contributed by atoms with Gasteiger partial charge in [0, 0.05) is 31.5 Å². The first-order chi connectivity index (χ1) is 10.2. The Morgan fingerprint density at radius 1 is 1.24 bits per heavy atom. The molecule has 5 heteroatoms. The van der Waals surface area contributed by atoms with Crippen molar-refractivity contribution in [2.24, 2.45) is 17.3 Å². The zero-order valence-corrected chi connectivity index (χ0v) is 12.6. The van der Waals surface area contributed by atoms with E-state index in [-0.39, 0.29) is 11.8 Å². The minimum atomic E-state index is 0.187. The van der Waals surface area contributed by atoms with Crippen LogP contribution in [0.3, 0.4) is 0 Å². The van der Waals surface area contributed by atoms with Crippen LogP contribution in [0.15, 0.2) is 0 Å². The Bertz CT molecular complexity index is 458. The lowest BCUT2D eigenvalue weighted by molar-refractivity contribution is -0.137. The Morgan fingerprint density at radius 3 is 2.86 bits per heavy atom. The van der Waals surface area contributed by atoms with Crippen molar-refractivity contribution in [1.82, 2.24) is 15.5 Å². The summed E-state index contributed by atoms with van der Waals surface area (Å²) in [7, 11) is 0. The molecule has 3 aliphatic heterocycles. The van der Waals surface area contributed by atoms with E-state index >= 15 is 0 Å². The molecule has 0 aromatic carbocycles. The molecule has 3 saturated heterocycles. The monoisotopic (exact) mass is 291 g/mol. The molecule has 2 amide bonds. The van der Waals surface area contributed by atoms with E-state index in [0.29, 0.717) is 29.7 Å². The Hall–Kier alpha value is -1.10. The van der Waals surface area contributed by atoms with Gasteiger partial charge in [-0.25, -0.2) is 0 Å². The van der Waals surface area contributed by atoms with E-state index in [1.165, 1.54) is 12.8 Å². The van der Waals surface area contributed by atoms with Gasteiger partial charge in [0.05, 0.1) is 0 Å². The highest BCUT2D eigenvalue weighted by Gasteiger charge is 2.58. The number of amides is 2. The zero-order chi connectivity index (χ0) is 14.4. The third-order valence-corrected chi connectivity index (χ3v) is 6.22. The highest BCUT2D eigenvalue weighted by molar-refractivity contribution is 5.83. The SMILES string of the molecule is O=C1CCC2CN(C(=O)C3CC34CCNCC4)CCC2N1. The fourth-order valence-corrected chi connectivity index (χ4v) is 4.70. The van der Waals surface area contributed by atoms with Gasteiger partial charge in [0.15, 0.2) is 0 Å². The number of fused-ring (bicyclic) bond motifs is 1. The van der Waals surface area contributed by atoms with Gasteiger partial charge in [0.1, 0.15) is 0 Å². The predicted molar refractivity (Wildman–Crippen MR) is 78.5 cm³/mol. The molecule has 3 heterocycles. The molecule has 21 heavy (non-hydrogen) atoms. The van der Waals surface area contributed by atoms with Crippen molar-refractivity contribution in [1.29, 1.82) is 0 Å². The number of piperidine rings is 3. The second kappa shape index (κ2) is 4.97. The lowest BCUT2D eigenvalue weighted by Crippen LogP contribution is -2.55. The number of rotatable bonds is 1. The predicted octanol–water partition coefficient (Wildman–Crippen LogP) is 0.503. The fraction of sp³-hybridized carbons (Fsp3) is 0.875. The Balaban J connectivity index is 1.37. The topological polar surface area (TPSA) is 61.4 Å². The maximum absolute atomic E-state index is 12.8. The Labute approximate surface area is 125 Å². The van der Waals surface area contributed by atoms with Gasteiger partial charge in [-0.1, -0.05) is 0 Å². The summed E-state index contributed by atoms with van der Waals surface area (Å²) in [6, 6.07) is 0.308. The van der Waals surface area contributed by atoms with Crippen molar-refractivity contribution >= 4 is 11.8 Å². The molecule has 0 aromatic heterocycles.